The predicted octanol–water partition coefficient (Wildman–Crippen LogP) is 5.44. The van der Waals surface area contributed by atoms with E-state index >= 15 is 0 Å². The molecule has 2 aromatic heterocycles. The van der Waals surface area contributed by atoms with Crippen LogP contribution in [0.3, 0.4) is 0 Å². The monoisotopic (exact) mass is 456 g/mol. The van der Waals surface area contributed by atoms with E-state index in [1.807, 2.05) is 0 Å². The van der Waals surface area contributed by atoms with E-state index in [1.54, 1.807) is 29.9 Å². The molecule has 0 saturated heterocycles. The zero-order chi connectivity index (χ0) is 21.9. The molecule has 1 N–H and O–H groups in total. The molecule has 11 heteroatoms. The van der Waals surface area contributed by atoms with Crippen LogP contribution in [0.15, 0.2) is 52.8 Å². The fraction of sp³-hybridized carbons (Fsp3) is 0.211. The van der Waals surface area contributed by atoms with Gasteiger partial charge in [0, 0.05) is 12.2 Å². The summed E-state index contributed by atoms with van der Waals surface area (Å²) >= 11 is 6.69. The lowest BCUT2D eigenvalue weighted by Crippen LogP contribution is -2.15. The normalized spacial score (nSPS) is 11.5. The van der Waals surface area contributed by atoms with Crippen molar-refractivity contribution >= 4 is 35.0 Å². The molecule has 0 unspecified atom stereocenters. The number of hydrogen-bond donors (Lipinski definition) is 1. The topological polar surface area (TPSA) is 73.0 Å². The Morgan fingerprint density at radius 2 is 2.13 bits per heavy atom. The Hall–Kier alpha value is -2.72. The van der Waals surface area contributed by atoms with Crippen LogP contribution in [0, 0.1) is 6.92 Å². The number of nitrogens with zero attached hydrogens (tertiary/aromatic N) is 3. The number of amides is 1. The highest BCUT2D eigenvalue weighted by molar-refractivity contribution is 7.99. The van der Waals surface area contributed by atoms with Crippen LogP contribution in [-0.2, 0) is 17.5 Å². The maximum Gasteiger partial charge on any atom is 0.417 e. The fourth-order valence-corrected chi connectivity index (χ4v) is 3.63. The van der Waals surface area contributed by atoms with Crippen molar-refractivity contribution in [2.45, 2.75) is 24.8 Å². The Balaban J connectivity index is 1.72. The molecule has 3 rings (SSSR count). The van der Waals surface area contributed by atoms with Crippen molar-refractivity contribution in [3.63, 3.8) is 0 Å². The van der Waals surface area contributed by atoms with Gasteiger partial charge in [-0.05, 0) is 31.2 Å². The maximum atomic E-state index is 13.0. The molecule has 0 aliphatic rings. The number of aromatic nitrogens is 3. The molecule has 1 aromatic carbocycles. The minimum Gasteiger partial charge on any atom is -0.469 e. The summed E-state index contributed by atoms with van der Waals surface area (Å²) in [6, 6.07) is 4.96. The summed E-state index contributed by atoms with van der Waals surface area (Å²) in [4.78, 5) is 12.3. The first-order valence-electron chi connectivity index (χ1n) is 8.58. The molecule has 30 heavy (non-hydrogen) atoms. The summed E-state index contributed by atoms with van der Waals surface area (Å²) in [5, 5.41) is 10.7. The molecule has 0 bridgehead atoms. The standard InChI is InChI=1S/C19H16ClF3N4O2S/c1-3-7-27-17(13-6-8-29-11(13)2)25-26-18(27)30-10-16(28)24-12-4-5-15(20)14(9-12)19(21,22)23/h3-6,8-9H,1,7,10H2,2H3,(H,24,28). The zero-order valence-corrected chi connectivity index (χ0v) is 17.2. The van der Waals surface area contributed by atoms with Crippen molar-refractivity contribution in [3.8, 4) is 11.4 Å². The third kappa shape index (κ3) is 4.88. The van der Waals surface area contributed by atoms with Gasteiger partial charge in [0.1, 0.15) is 5.76 Å². The van der Waals surface area contributed by atoms with Crippen LogP contribution in [0.2, 0.25) is 5.02 Å². The van der Waals surface area contributed by atoms with Crippen molar-refractivity contribution in [1.82, 2.24) is 14.8 Å². The molecule has 2 heterocycles. The Kier molecular flexibility index (Phi) is 6.57. The lowest BCUT2D eigenvalue weighted by atomic mass is 10.2. The van der Waals surface area contributed by atoms with Crippen molar-refractivity contribution in [2.75, 3.05) is 11.1 Å². The van der Waals surface area contributed by atoms with Gasteiger partial charge in [-0.25, -0.2) is 0 Å². The highest BCUT2D eigenvalue weighted by atomic mass is 35.5. The SMILES string of the molecule is C=CCn1c(SCC(=O)Nc2ccc(Cl)c(C(F)(F)F)c2)nnc1-c1ccoc1C. The number of aryl methyl sites for hydroxylation is 1. The van der Waals surface area contributed by atoms with E-state index < -0.39 is 22.7 Å². The Morgan fingerprint density at radius 1 is 1.37 bits per heavy atom. The van der Waals surface area contributed by atoms with Gasteiger partial charge in [-0.2, -0.15) is 13.2 Å². The number of furan rings is 1. The molecule has 0 atom stereocenters. The van der Waals surface area contributed by atoms with Gasteiger partial charge in [0.05, 0.1) is 28.2 Å². The molecule has 1 amide bonds. The van der Waals surface area contributed by atoms with Crippen LogP contribution >= 0.6 is 23.4 Å². The van der Waals surface area contributed by atoms with E-state index in [-0.39, 0.29) is 11.4 Å². The number of allylic oxidation sites excluding steroid dienone is 1. The first-order valence-corrected chi connectivity index (χ1v) is 9.95. The first kappa shape index (κ1) is 22.0. The number of rotatable bonds is 7. The van der Waals surface area contributed by atoms with Crippen molar-refractivity contribution in [3.05, 3.63) is 59.5 Å². The minimum absolute atomic E-state index is 0.000376. The molecule has 158 valence electrons. The number of thioether (sulfide) groups is 1. The number of hydrogen-bond acceptors (Lipinski definition) is 5. The molecule has 0 aliphatic heterocycles. The molecule has 0 fully saturated rings. The Bertz CT molecular complexity index is 1080. The van der Waals surface area contributed by atoms with Crippen LogP contribution in [0.25, 0.3) is 11.4 Å². The molecule has 6 nitrogen and oxygen atoms in total. The maximum absolute atomic E-state index is 13.0. The van der Waals surface area contributed by atoms with Gasteiger partial charge in [0.25, 0.3) is 0 Å². The van der Waals surface area contributed by atoms with Gasteiger partial charge < -0.3 is 9.73 Å². The molecule has 0 radical (unpaired) electrons. The summed E-state index contributed by atoms with van der Waals surface area (Å²) in [5.74, 6) is 0.662. The van der Waals surface area contributed by atoms with E-state index in [0.717, 1.165) is 29.5 Å². The predicted molar refractivity (Wildman–Crippen MR) is 108 cm³/mol. The highest BCUT2D eigenvalue weighted by Crippen LogP contribution is 2.36. The summed E-state index contributed by atoms with van der Waals surface area (Å²) in [5.41, 5.74) is -0.249. The Morgan fingerprint density at radius 3 is 2.77 bits per heavy atom. The molecule has 0 aliphatic carbocycles. The molecule has 3 aromatic rings. The van der Waals surface area contributed by atoms with Crippen molar-refractivity contribution in [2.24, 2.45) is 0 Å². The van der Waals surface area contributed by atoms with E-state index in [0.29, 0.717) is 23.3 Å². The zero-order valence-electron chi connectivity index (χ0n) is 15.7. The summed E-state index contributed by atoms with van der Waals surface area (Å²) < 4.78 is 46.0. The minimum atomic E-state index is -4.62. The summed E-state index contributed by atoms with van der Waals surface area (Å²) in [6.45, 7) is 5.92. The fourth-order valence-electron chi connectivity index (χ4n) is 2.65. The average molecular weight is 457 g/mol. The van der Waals surface area contributed by atoms with Crippen LogP contribution in [0.1, 0.15) is 11.3 Å². The molecular weight excluding hydrogens is 441 g/mol. The summed E-state index contributed by atoms with van der Waals surface area (Å²) in [7, 11) is 0. The van der Waals surface area contributed by atoms with Gasteiger partial charge in [0.2, 0.25) is 5.91 Å². The van der Waals surface area contributed by atoms with Crippen molar-refractivity contribution in [1.29, 1.82) is 0 Å². The van der Waals surface area contributed by atoms with Crippen molar-refractivity contribution < 1.29 is 22.4 Å². The van der Waals surface area contributed by atoms with Gasteiger partial charge in [-0.15, -0.1) is 16.8 Å². The second-order valence-corrected chi connectivity index (χ2v) is 7.47. The first-order chi connectivity index (χ1) is 14.2. The number of anilines is 1. The van der Waals surface area contributed by atoms with E-state index in [9.17, 15) is 18.0 Å². The van der Waals surface area contributed by atoms with Gasteiger partial charge in [0.15, 0.2) is 11.0 Å². The average Bonchev–Trinajstić information content (AvgIpc) is 3.27. The number of nitrogens with one attached hydrogen (secondary N) is 1. The second-order valence-electron chi connectivity index (χ2n) is 6.13. The van der Waals surface area contributed by atoms with Gasteiger partial charge in [-0.3, -0.25) is 9.36 Å². The lowest BCUT2D eigenvalue weighted by Gasteiger charge is -2.12. The smallest absolute Gasteiger partial charge is 0.417 e. The number of halogens is 4. The molecule has 0 saturated carbocycles. The third-order valence-corrected chi connectivity index (χ3v) is 5.31. The largest absolute Gasteiger partial charge is 0.469 e. The van der Waals surface area contributed by atoms with Crippen LogP contribution in [-0.4, -0.2) is 26.4 Å². The van der Waals surface area contributed by atoms with Crippen LogP contribution < -0.4 is 5.32 Å². The second kappa shape index (κ2) is 8.97. The number of carbonyl (C=O) groups excluding carboxylic acids is 1. The van der Waals surface area contributed by atoms with E-state index in [2.05, 4.69) is 22.1 Å². The van der Waals surface area contributed by atoms with E-state index in [1.165, 1.54) is 6.07 Å². The Labute approximate surface area is 179 Å². The van der Waals surface area contributed by atoms with Crippen LogP contribution in [0.4, 0.5) is 18.9 Å². The molecular formula is C19H16ClF3N4O2S. The number of alkyl halides is 3. The quantitative estimate of drug-likeness (QED) is 0.379. The van der Waals surface area contributed by atoms with E-state index in [4.69, 9.17) is 16.0 Å². The van der Waals surface area contributed by atoms with Crippen LogP contribution in [0.5, 0.6) is 0 Å². The van der Waals surface area contributed by atoms with Gasteiger partial charge in [-0.1, -0.05) is 29.4 Å². The number of carbonyl (C=O) groups is 1. The lowest BCUT2D eigenvalue weighted by molar-refractivity contribution is -0.137. The summed E-state index contributed by atoms with van der Waals surface area (Å²) in [6.07, 6.45) is -1.41. The highest BCUT2D eigenvalue weighted by Gasteiger charge is 2.33. The molecule has 0 spiro atoms. The number of benzene rings is 1. The third-order valence-electron chi connectivity index (χ3n) is 4.02. The van der Waals surface area contributed by atoms with Gasteiger partial charge >= 0.3 is 6.18 Å².